The number of benzene rings is 1. The van der Waals surface area contributed by atoms with E-state index in [-0.39, 0.29) is 0 Å². The normalized spacial score (nSPS) is 11.0. The van der Waals surface area contributed by atoms with Gasteiger partial charge in [0.05, 0.1) is 17.1 Å². The summed E-state index contributed by atoms with van der Waals surface area (Å²) in [6, 6.07) is 10.2. The van der Waals surface area contributed by atoms with Gasteiger partial charge < -0.3 is 10.7 Å². The van der Waals surface area contributed by atoms with Gasteiger partial charge in [0.15, 0.2) is 0 Å². The van der Waals surface area contributed by atoms with Crippen LogP contribution in [0.15, 0.2) is 36.5 Å². The minimum atomic E-state index is 0.731. The summed E-state index contributed by atoms with van der Waals surface area (Å²) in [5, 5.41) is 1.20. The van der Waals surface area contributed by atoms with Crippen molar-refractivity contribution in [1.29, 1.82) is 0 Å². The van der Waals surface area contributed by atoms with Crippen LogP contribution in [-0.4, -0.2) is 9.97 Å². The summed E-state index contributed by atoms with van der Waals surface area (Å²) in [4.78, 5) is 7.87. The lowest BCUT2D eigenvalue weighted by atomic mass is 10.1. The van der Waals surface area contributed by atoms with Crippen molar-refractivity contribution in [3.63, 3.8) is 0 Å². The Morgan fingerprint density at radius 3 is 2.72 bits per heavy atom. The first-order valence-corrected chi connectivity index (χ1v) is 5.97. The number of nitrogens with two attached hydrogens (primary N) is 1. The molecule has 1 aromatic carbocycles. The number of nitrogen functional groups attached to an aromatic ring is 1. The largest absolute Gasteiger partial charge is 0.397 e. The number of aromatic nitrogens is 2. The number of rotatable bonds is 1. The van der Waals surface area contributed by atoms with E-state index < -0.39 is 0 Å². The molecule has 18 heavy (non-hydrogen) atoms. The topological polar surface area (TPSA) is 54.7 Å². The van der Waals surface area contributed by atoms with Crippen molar-refractivity contribution >= 4 is 16.6 Å². The highest BCUT2D eigenvalue weighted by Gasteiger charge is 2.09. The van der Waals surface area contributed by atoms with Crippen LogP contribution in [0.2, 0.25) is 0 Å². The molecule has 3 N–H and O–H groups in total. The van der Waals surface area contributed by atoms with Crippen molar-refractivity contribution in [3.05, 3.63) is 47.8 Å². The maximum Gasteiger partial charge on any atom is 0.0728 e. The average molecular weight is 237 g/mol. The first-order chi connectivity index (χ1) is 8.66. The zero-order chi connectivity index (χ0) is 12.7. The second-order valence-corrected chi connectivity index (χ2v) is 4.57. The minimum absolute atomic E-state index is 0.731. The third-order valence-corrected chi connectivity index (χ3v) is 3.33. The third kappa shape index (κ3) is 1.56. The molecule has 3 nitrogen and oxygen atoms in total. The number of aryl methyl sites for hydroxylation is 2. The molecule has 2 heterocycles. The van der Waals surface area contributed by atoms with Crippen molar-refractivity contribution in [2.24, 2.45) is 0 Å². The maximum absolute atomic E-state index is 5.81. The van der Waals surface area contributed by atoms with Gasteiger partial charge in [0.2, 0.25) is 0 Å². The molecule has 0 bridgehead atoms. The number of anilines is 1. The van der Waals surface area contributed by atoms with Crippen LogP contribution in [0.25, 0.3) is 22.2 Å². The van der Waals surface area contributed by atoms with Crippen LogP contribution in [0.3, 0.4) is 0 Å². The van der Waals surface area contributed by atoms with Gasteiger partial charge in [-0.1, -0.05) is 18.2 Å². The Balaban J connectivity index is 2.25. The Kier molecular flexibility index (Phi) is 2.33. The fourth-order valence-corrected chi connectivity index (χ4v) is 2.24. The highest BCUT2D eigenvalue weighted by Crippen LogP contribution is 2.29. The van der Waals surface area contributed by atoms with Crippen molar-refractivity contribution in [1.82, 2.24) is 9.97 Å². The lowest BCUT2D eigenvalue weighted by Crippen LogP contribution is -1.93. The first kappa shape index (κ1) is 10.8. The Morgan fingerprint density at radius 1 is 1.11 bits per heavy atom. The van der Waals surface area contributed by atoms with Crippen LogP contribution in [0.5, 0.6) is 0 Å². The van der Waals surface area contributed by atoms with Crippen LogP contribution >= 0.6 is 0 Å². The maximum atomic E-state index is 5.81. The predicted molar refractivity (Wildman–Crippen MR) is 75.4 cm³/mol. The molecule has 0 saturated heterocycles. The Hall–Kier alpha value is -2.29. The Labute approximate surface area is 106 Å². The summed E-state index contributed by atoms with van der Waals surface area (Å²) in [6.07, 6.45) is 2.01. The standard InChI is InChI=1S/C15H15N3/c1-9-4-3-5-11-12(8-17-15(9)11)14-7-6-13(16)10(2)18-14/h3-8,17H,16H2,1-2H3. The smallest absolute Gasteiger partial charge is 0.0728 e. The minimum Gasteiger partial charge on any atom is -0.397 e. The Bertz CT molecular complexity index is 726. The summed E-state index contributed by atoms with van der Waals surface area (Å²) in [7, 11) is 0. The molecule has 0 amide bonds. The van der Waals surface area contributed by atoms with Gasteiger partial charge in [0.25, 0.3) is 0 Å². The number of pyridine rings is 1. The number of aromatic amines is 1. The van der Waals surface area contributed by atoms with Crippen molar-refractivity contribution < 1.29 is 0 Å². The monoisotopic (exact) mass is 237 g/mol. The second kappa shape index (κ2) is 3.88. The molecule has 0 spiro atoms. The van der Waals surface area contributed by atoms with E-state index in [0.717, 1.165) is 22.6 Å². The number of para-hydroxylation sites is 1. The number of fused-ring (bicyclic) bond motifs is 1. The molecule has 0 aliphatic rings. The van der Waals surface area contributed by atoms with Gasteiger partial charge in [0.1, 0.15) is 0 Å². The molecule has 0 unspecified atom stereocenters. The summed E-state index contributed by atoms with van der Waals surface area (Å²) in [5.74, 6) is 0. The number of H-pyrrole nitrogens is 1. The average Bonchev–Trinajstić information content (AvgIpc) is 2.78. The van der Waals surface area contributed by atoms with E-state index in [9.17, 15) is 0 Å². The van der Waals surface area contributed by atoms with Crippen molar-refractivity contribution in [2.75, 3.05) is 5.73 Å². The fourth-order valence-electron chi connectivity index (χ4n) is 2.24. The lowest BCUT2D eigenvalue weighted by Gasteiger charge is -2.03. The van der Waals surface area contributed by atoms with Gasteiger partial charge in [-0.3, -0.25) is 4.98 Å². The third-order valence-electron chi connectivity index (χ3n) is 3.33. The highest BCUT2D eigenvalue weighted by atomic mass is 14.8. The molecule has 3 rings (SSSR count). The van der Waals surface area contributed by atoms with Crippen molar-refractivity contribution in [3.8, 4) is 11.3 Å². The summed E-state index contributed by atoms with van der Waals surface area (Å²) in [5.41, 5.74) is 11.9. The van der Waals surface area contributed by atoms with Gasteiger partial charge in [0, 0.05) is 22.7 Å². The van der Waals surface area contributed by atoms with Gasteiger partial charge in [-0.15, -0.1) is 0 Å². The fraction of sp³-hybridized carbons (Fsp3) is 0.133. The number of nitrogens with zero attached hydrogens (tertiary/aromatic N) is 1. The van der Waals surface area contributed by atoms with Crippen LogP contribution in [-0.2, 0) is 0 Å². The van der Waals surface area contributed by atoms with E-state index in [1.807, 2.05) is 25.3 Å². The zero-order valence-corrected chi connectivity index (χ0v) is 10.5. The van der Waals surface area contributed by atoms with E-state index in [4.69, 9.17) is 5.73 Å². The predicted octanol–water partition coefficient (Wildman–Crippen LogP) is 3.43. The molecular weight excluding hydrogens is 222 g/mol. The number of hydrogen-bond donors (Lipinski definition) is 2. The molecule has 0 aliphatic heterocycles. The Morgan fingerprint density at radius 2 is 1.94 bits per heavy atom. The van der Waals surface area contributed by atoms with Crippen LogP contribution < -0.4 is 5.73 Å². The summed E-state index contributed by atoms with van der Waals surface area (Å²) in [6.45, 7) is 4.03. The molecule has 0 fully saturated rings. The second-order valence-electron chi connectivity index (χ2n) is 4.57. The van der Waals surface area contributed by atoms with Gasteiger partial charge in [-0.25, -0.2) is 0 Å². The molecule has 3 aromatic rings. The number of nitrogens with one attached hydrogen (secondary N) is 1. The summed E-state index contributed by atoms with van der Waals surface area (Å²) >= 11 is 0. The highest BCUT2D eigenvalue weighted by molar-refractivity contribution is 5.96. The van der Waals surface area contributed by atoms with Gasteiger partial charge in [-0.05, 0) is 31.5 Å². The van der Waals surface area contributed by atoms with Crippen molar-refractivity contribution in [2.45, 2.75) is 13.8 Å². The van der Waals surface area contributed by atoms with E-state index in [1.54, 1.807) is 0 Å². The molecule has 0 atom stereocenters. The number of hydrogen-bond acceptors (Lipinski definition) is 2. The van der Waals surface area contributed by atoms with Crippen LogP contribution in [0, 0.1) is 13.8 Å². The molecule has 2 aromatic heterocycles. The molecule has 0 radical (unpaired) electrons. The zero-order valence-electron chi connectivity index (χ0n) is 10.5. The van der Waals surface area contributed by atoms with Gasteiger partial charge >= 0.3 is 0 Å². The van der Waals surface area contributed by atoms with Crippen LogP contribution in [0.1, 0.15) is 11.3 Å². The molecule has 90 valence electrons. The molecular formula is C15H15N3. The van der Waals surface area contributed by atoms with E-state index in [2.05, 4.69) is 35.1 Å². The SMILES string of the molecule is Cc1nc(-c2c[nH]c3c(C)cccc23)ccc1N. The lowest BCUT2D eigenvalue weighted by molar-refractivity contribution is 1.21. The van der Waals surface area contributed by atoms with E-state index in [1.165, 1.54) is 16.5 Å². The molecule has 3 heteroatoms. The van der Waals surface area contributed by atoms with E-state index >= 15 is 0 Å². The van der Waals surface area contributed by atoms with E-state index in [0.29, 0.717) is 0 Å². The van der Waals surface area contributed by atoms with Gasteiger partial charge in [-0.2, -0.15) is 0 Å². The van der Waals surface area contributed by atoms with Crippen LogP contribution in [0.4, 0.5) is 5.69 Å². The summed E-state index contributed by atoms with van der Waals surface area (Å²) < 4.78 is 0. The quantitative estimate of drug-likeness (QED) is 0.681. The first-order valence-electron chi connectivity index (χ1n) is 5.97. The molecule has 0 aliphatic carbocycles. The molecule has 0 saturated carbocycles.